The molecule has 8 nitrogen and oxygen atoms in total. The fourth-order valence-corrected chi connectivity index (χ4v) is 4.07. The van der Waals surface area contributed by atoms with Crippen LogP contribution >= 0.6 is 0 Å². The van der Waals surface area contributed by atoms with E-state index in [2.05, 4.69) is 14.7 Å². The van der Waals surface area contributed by atoms with Gasteiger partial charge in [0, 0.05) is 30.4 Å². The summed E-state index contributed by atoms with van der Waals surface area (Å²) in [6.45, 7) is 0.518. The number of ether oxygens (including phenoxy) is 3. The molecule has 0 radical (unpaired) electrons. The van der Waals surface area contributed by atoms with Crippen LogP contribution in [-0.4, -0.2) is 34.4 Å². The van der Waals surface area contributed by atoms with Crippen molar-refractivity contribution in [2.75, 3.05) is 20.3 Å². The minimum atomic E-state index is -3.17. The Hall–Kier alpha value is -3.69. The van der Waals surface area contributed by atoms with Crippen LogP contribution < -0.4 is 18.9 Å². The first-order valence-corrected chi connectivity index (χ1v) is 11.4. The molecular weight excluding hydrogens is 428 g/mol. The molecule has 0 fully saturated rings. The fourth-order valence-electron chi connectivity index (χ4n) is 3.01. The zero-order valence-corrected chi connectivity index (χ0v) is 18.2. The van der Waals surface area contributed by atoms with Gasteiger partial charge in [-0.2, -0.15) is 0 Å². The molecule has 1 atom stereocenters. The number of benzene rings is 2. The third-order valence-electron chi connectivity index (χ3n) is 4.60. The lowest BCUT2D eigenvalue weighted by atomic mass is 10.2. The maximum absolute atomic E-state index is 12.7. The fraction of sp³-hybridized carbons (Fsp3) is 0.130. The zero-order valence-electron chi connectivity index (χ0n) is 17.4. The first-order chi connectivity index (χ1) is 15.5. The molecule has 2 aromatic heterocycles. The number of fused-ring (bicyclic) bond motifs is 1. The minimum Gasteiger partial charge on any atom is -0.497 e. The van der Waals surface area contributed by atoms with Crippen LogP contribution in [0.5, 0.6) is 23.0 Å². The van der Waals surface area contributed by atoms with Crippen molar-refractivity contribution >= 4 is 20.8 Å². The van der Waals surface area contributed by atoms with Crippen molar-refractivity contribution in [2.45, 2.75) is 4.90 Å². The predicted molar refractivity (Wildman–Crippen MR) is 122 cm³/mol. The number of nitrogens with zero attached hydrogens (tertiary/aromatic N) is 2. The Morgan fingerprint density at radius 3 is 2.56 bits per heavy atom. The van der Waals surface area contributed by atoms with E-state index in [9.17, 15) is 4.21 Å². The second kappa shape index (κ2) is 9.63. The molecule has 4 aromatic rings. The number of hydrogen-bond donors (Lipinski definition) is 2. The molecule has 2 aromatic carbocycles. The van der Waals surface area contributed by atoms with Gasteiger partial charge in [0.25, 0.3) is 0 Å². The van der Waals surface area contributed by atoms with Gasteiger partial charge in [-0.15, -0.1) is 0 Å². The second-order valence-electron chi connectivity index (χ2n) is 6.75. The quantitative estimate of drug-likeness (QED) is 0.366. The van der Waals surface area contributed by atoms with Gasteiger partial charge in [0.15, 0.2) is 0 Å². The van der Waals surface area contributed by atoms with Crippen LogP contribution in [-0.2, 0) is 9.92 Å². The van der Waals surface area contributed by atoms with Gasteiger partial charge in [-0.3, -0.25) is 9.97 Å². The van der Waals surface area contributed by atoms with Crippen molar-refractivity contribution in [1.82, 2.24) is 14.7 Å². The molecule has 4 rings (SSSR count). The van der Waals surface area contributed by atoms with E-state index < -0.39 is 9.92 Å². The van der Waals surface area contributed by atoms with Crippen LogP contribution in [0.25, 0.3) is 10.9 Å². The highest BCUT2D eigenvalue weighted by Gasteiger charge is 2.11. The van der Waals surface area contributed by atoms with Crippen LogP contribution in [0.15, 0.2) is 84.1 Å². The van der Waals surface area contributed by atoms with E-state index in [0.29, 0.717) is 22.1 Å². The summed E-state index contributed by atoms with van der Waals surface area (Å²) in [5, 5.41) is 0.844. The molecule has 0 aliphatic carbocycles. The van der Waals surface area contributed by atoms with Gasteiger partial charge < -0.3 is 14.2 Å². The van der Waals surface area contributed by atoms with E-state index in [1.807, 2.05) is 18.2 Å². The third kappa shape index (κ3) is 5.13. The second-order valence-corrected chi connectivity index (χ2v) is 8.63. The Labute approximate surface area is 186 Å². The Balaban J connectivity index is 1.40. The van der Waals surface area contributed by atoms with E-state index in [-0.39, 0.29) is 13.2 Å². The topological polar surface area (TPSA) is 106 Å². The number of hydrogen-bond acceptors (Lipinski definition) is 7. The molecule has 0 saturated carbocycles. The summed E-state index contributed by atoms with van der Waals surface area (Å²) in [7, 11) is -1.56. The summed E-state index contributed by atoms with van der Waals surface area (Å²) in [6, 6.07) is 17.5. The molecule has 2 heterocycles. The van der Waals surface area contributed by atoms with E-state index >= 15 is 0 Å². The highest BCUT2D eigenvalue weighted by atomic mass is 32.2. The zero-order chi connectivity index (χ0) is 22.4. The van der Waals surface area contributed by atoms with E-state index in [1.54, 1.807) is 68.2 Å². The Bertz CT molecular complexity index is 1300. The van der Waals surface area contributed by atoms with Crippen LogP contribution in [0.2, 0.25) is 0 Å². The van der Waals surface area contributed by atoms with Gasteiger partial charge in [0.1, 0.15) is 39.5 Å². The molecule has 0 spiro atoms. The average Bonchev–Trinajstić information content (AvgIpc) is 2.83. The van der Waals surface area contributed by atoms with Gasteiger partial charge in [-0.25, -0.2) is 13.7 Å². The Morgan fingerprint density at radius 2 is 1.81 bits per heavy atom. The molecule has 2 N–H and O–H groups in total. The summed E-state index contributed by atoms with van der Waals surface area (Å²) < 4.78 is 40.4. The lowest BCUT2D eigenvalue weighted by molar-refractivity contribution is 0.322. The number of methoxy groups -OCH3 is 1. The van der Waals surface area contributed by atoms with Crippen molar-refractivity contribution < 1.29 is 18.4 Å². The SMILES string of the molecule is COc1ccc2c(Oc3ccc(S(=N)(=O)NCCOc4cccnc4)cc3)ccnc2c1. The average molecular weight is 451 g/mol. The summed E-state index contributed by atoms with van der Waals surface area (Å²) >= 11 is 0. The maximum Gasteiger partial charge on any atom is 0.138 e. The number of pyridine rings is 2. The standard InChI is InChI=1S/C23H22N4O4S/c1-29-18-6-9-21-22(15-18)26-12-10-23(21)31-17-4-7-20(8-5-17)32(24,28)27-13-14-30-19-3-2-11-25-16-19/h2-12,15-16H,13-14H2,1H3,(H2,24,27,28). The van der Waals surface area contributed by atoms with Crippen molar-refractivity contribution in [1.29, 1.82) is 4.78 Å². The van der Waals surface area contributed by atoms with Crippen LogP contribution in [0.1, 0.15) is 0 Å². The highest BCUT2D eigenvalue weighted by molar-refractivity contribution is 7.90. The molecule has 0 aliphatic rings. The van der Waals surface area contributed by atoms with Crippen LogP contribution in [0.3, 0.4) is 0 Å². The summed E-state index contributed by atoms with van der Waals surface area (Å²) in [6.07, 6.45) is 4.92. The lowest BCUT2D eigenvalue weighted by Crippen LogP contribution is -2.27. The van der Waals surface area contributed by atoms with Gasteiger partial charge in [0.05, 0.1) is 23.7 Å². The van der Waals surface area contributed by atoms with Crippen LogP contribution in [0, 0.1) is 4.78 Å². The van der Waals surface area contributed by atoms with Crippen molar-refractivity contribution in [3.8, 4) is 23.0 Å². The summed E-state index contributed by atoms with van der Waals surface area (Å²) in [4.78, 5) is 8.67. The normalized spacial score (nSPS) is 12.8. The number of aromatic nitrogens is 2. The first kappa shape index (κ1) is 21.5. The monoisotopic (exact) mass is 450 g/mol. The van der Waals surface area contributed by atoms with E-state index in [1.165, 1.54) is 0 Å². The number of nitrogens with one attached hydrogen (secondary N) is 2. The molecule has 1 unspecified atom stereocenters. The summed E-state index contributed by atoms with van der Waals surface area (Å²) in [5.74, 6) is 2.54. The number of rotatable bonds is 9. The maximum atomic E-state index is 12.7. The highest BCUT2D eigenvalue weighted by Crippen LogP contribution is 2.31. The largest absolute Gasteiger partial charge is 0.497 e. The van der Waals surface area contributed by atoms with Gasteiger partial charge >= 0.3 is 0 Å². The molecule has 0 saturated heterocycles. The smallest absolute Gasteiger partial charge is 0.138 e. The molecule has 32 heavy (non-hydrogen) atoms. The van der Waals surface area contributed by atoms with Gasteiger partial charge in [-0.1, -0.05) is 0 Å². The molecular formula is C23H22N4O4S. The van der Waals surface area contributed by atoms with Gasteiger partial charge in [0.2, 0.25) is 0 Å². The van der Waals surface area contributed by atoms with Crippen LogP contribution in [0.4, 0.5) is 0 Å². The van der Waals surface area contributed by atoms with E-state index in [4.69, 9.17) is 19.0 Å². The predicted octanol–water partition coefficient (Wildman–Crippen LogP) is 4.42. The van der Waals surface area contributed by atoms with Crippen molar-refractivity contribution in [2.24, 2.45) is 0 Å². The molecule has 0 aliphatic heterocycles. The van der Waals surface area contributed by atoms with Crippen molar-refractivity contribution in [3.05, 3.63) is 79.3 Å². The third-order valence-corrected chi connectivity index (χ3v) is 6.15. The molecule has 0 bridgehead atoms. The van der Waals surface area contributed by atoms with Gasteiger partial charge in [-0.05, 0) is 54.6 Å². The molecule has 0 amide bonds. The van der Waals surface area contributed by atoms with Crippen molar-refractivity contribution in [3.63, 3.8) is 0 Å². The Morgan fingerprint density at radius 1 is 1.00 bits per heavy atom. The van der Waals surface area contributed by atoms with E-state index in [0.717, 1.165) is 16.7 Å². The molecule has 9 heteroatoms. The lowest BCUT2D eigenvalue weighted by Gasteiger charge is -2.12. The minimum absolute atomic E-state index is 0.252. The molecule has 164 valence electrons. The summed E-state index contributed by atoms with van der Waals surface area (Å²) in [5.41, 5.74) is 0.755. The Kier molecular flexibility index (Phi) is 6.48. The first-order valence-electron chi connectivity index (χ1n) is 9.82.